The number of nitrogens with one attached hydrogen (secondary N) is 1. The van der Waals surface area contributed by atoms with Crippen LogP contribution in [0.5, 0.6) is 5.75 Å². The molecule has 3 aliphatic heterocycles. The topological polar surface area (TPSA) is 91.4 Å². The summed E-state index contributed by atoms with van der Waals surface area (Å²) in [4.78, 5) is 21.1. The van der Waals surface area contributed by atoms with Crippen LogP contribution in [0.4, 0.5) is 5.69 Å². The number of nitrogens with zero attached hydrogens (tertiary/aromatic N) is 3. The SMILES string of the molecule is CO[C@@]1(CCN2CCN(C)C[C@@H]2C)/C=C/C[C@H](C)[C@@H](C)S(=O)(=O)NC(=O)c2ccc3c(c2)N(C[C@@H]2CC[C@H]21)C[C@@]1(CCCc2cc(Cl)ccc21)CO3. The number of halogens is 1. The van der Waals surface area contributed by atoms with E-state index in [2.05, 4.69) is 57.7 Å². The fourth-order valence-corrected chi connectivity index (χ4v) is 11.3. The van der Waals surface area contributed by atoms with Crippen molar-refractivity contribution in [3.8, 4) is 5.75 Å². The van der Waals surface area contributed by atoms with Crippen LogP contribution in [0.3, 0.4) is 0 Å². The minimum absolute atomic E-state index is 0.209. The Morgan fingerprint density at radius 1 is 1.08 bits per heavy atom. The number of likely N-dealkylation sites (N-methyl/N-ethyl adjacent to an activating group) is 1. The monoisotopic (exact) mass is 752 g/mol. The van der Waals surface area contributed by atoms with Gasteiger partial charge in [0.15, 0.2) is 0 Å². The van der Waals surface area contributed by atoms with Crippen LogP contribution in [0.25, 0.3) is 0 Å². The van der Waals surface area contributed by atoms with Crippen LogP contribution in [0.15, 0.2) is 48.6 Å². The molecule has 1 amide bonds. The van der Waals surface area contributed by atoms with E-state index in [1.807, 2.05) is 32.2 Å². The van der Waals surface area contributed by atoms with E-state index in [1.54, 1.807) is 13.0 Å². The van der Waals surface area contributed by atoms with E-state index >= 15 is 0 Å². The summed E-state index contributed by atoms with van der Waals surface area (Å²) in [5, 5.41) is -0.0193. The van der Waals surface area contributed by atoms with Crippen LogP contribution in [-0.4, -0.2) is 101 Å². The summed E-state index contributed by atoms with van der Waals surface area (Å²) >= 11 is 6.50. The number of benzene rings is 2. The second-order valence-electron chi connectivity index (χ2n) is 16.6. The van der Waals surface area contributed by atoms with Crippen molar-refractivity contribution in [1.29, 1.82) is 0 Å². The number of anilines is 1. The van der Waals surface area contributed by atoms with Gasteiger partial charge in [0, 0.05) is 68.4 Å². The third-order valence-corrected chi connectivity index (χ3v) is 15.5. The number of carbonyl (C=O) groups is 1. The Morgan fingerprint density at radius 2 is 1.90 bits per heavy atom. The zero-order chi connectivity index (χ0) is 36.8. The number of methoxy groups -OCH3 is 1. The van der Waals surface area contributed by atoms with Gasteiger partial charge in [0.05, 0.1) is 23.1 Å². The van der Waals surface area contributed by atoms with Crippen molar-refractivity contribution in [2.75, 3.05) is 64.9 Å². The quantitative estimate of drug-likeness (QED) is 0.365. The lowest BCUT2D eigenvalue weighted by molar-refractivity contribution is -0.0863. The Morgan fingerprint density at radius 3 is 2.65 bits per heavy atom. The van der Waals surface area contributed by atoms with Crippen LogP contribution >= 0.6 is 11.6 Å². The lowest BCUT2D eigenvalue weighted by atomic mass is 9.62. The highest BCUT2D eigenvalue weighted by molar-refractivity contribution is 7.90. The first-order valence-corrected chi connectivity index (χ1v) is 21.3. The molecule has 2 aromatic carbocycles. The maximum atomic E-state index is 13.6. The van der Waals surface area contributed by atoms with Gasteiger partial charge in [-0.05, 0) is 125 Å². The van der Waals surface area contributed by atoms with Crippen LogP contribution in [0.1, 0.15) is 80.8 Å². The van der Waals surface area contributed by atoms with E-state index in [1.165, 1.54) is 11.1 Å². The molecular formula is C41H57ClN4O5S. The average Bonchev–Trinajstić information content (AvgIpc) is 3.25. The van der Waals surface area contributed by atoms with Crippen molar-refractivity contribution in [1.82, 2.24) is 14.5 Å². The number of ether oxygens (including phenoxy) is 2. The van der Waals surface area contributed by atoms with Gasteiger partial charge in [0.2, 0.25) is 10.0 Å². The molecule has 1 spiro atoms. The summed E-state index contributed by atoms with van der Waals surface area (Å²) in [6.45, 7) is 12.1. The lowest BCUT2D eigenvalue weighted by Gasteiger charge is -2.51. The van der Waals surface area contributed by atoms with Gasteiger partial charge in [-0.3, -0.25) is 9.69 Å². The molecule has 284 valence electrons. The van der Waals surface area contributed by atoms with E-state index < -0.39 is 26.8 Å². The van der Waals surface area contributed by atoms with Gasteiger partial charge in [-0.25, -0.2) is 13.1 Å². The normalized spacial score (nSPS) is 34.6. The van der Waals surface area contributed by atoms with Gasteiger partial charge in [-0.2, -0.15) is 0 Å². The van der Waals surface area contributed by atoms with Gasteiger partial charge in [0.1, 0.15) is 5.75 Å². The molecule has 9 nitrogen and oxygen atoms in total. The zero-order valence-electron chi connectivity index (χ0n) is 31.6. The van der Waals surface area contributed by atoms with Crippen LogP contribution < -0.4 is 14.4 Å². The summed E-state index contributed by atoms with van der Waals surface area (Å²) in [5.74, 6) is 0.540. The van der Waals surface area contributed by atoms with Crippen molar-refractivity contribution >= 4 is 33.2 Å². The van der Waals surface area contributed by atoms with Crippen LogP contribution in [0.2, 0.25) is 5.02 Å². The third kappa shape index (κ3) is 7.27. The summed E-state index contributed by atoms with van der Waals surface area (Å²) in [6.07, 6.45) is 11.0. The average molecular weight is 753 g/mol. The molecule has 0 aromatic heterocycles. The maximum absolute atomic E-state index is 13.6. The van der Waals surface area contributed by atoms with Crippen molar-refractivity contribution in [2.45, 2.75) is 88.0 Å². The number of aryl methyl sites for hydroxylation is 1. The van der Waals surface area contributed by atoms with E-state index in [9.17, 15) is 13.2 Å². The number of sulfonamides is 1. The minimum Gasteiger partial charge on any atom is -0.490 e. The fraction of sp³-hybridized carbons (Fsp3) is 0.634. The molecule has 7 rings (SSSR count). The predicted molar refractivity (Wildman–Crippen MR) is 208 cm³/mol. The first kappa shape index (κ1) is 37.7. The minimum atomic E-state index is -3.95. The number of allylic oxidation sites excluding steroid dienone is 1. The molecular weight excluding hydrogens is 696 g/mol. The third-order valence-electron chi connectivity index (χ3n) is 13.4. The smallest absolute Gasteiger partial charge is 0.264 e. The number of fused-ring (bicyclic) bond motifs is 4. The highest BCUT2D eigenvalue weighted by atomic mass is 35.5. The van der Waals surface area contributed by atoms with Crippen molar-refractivity contribution in [3.05, 3.63) is 70.3 Å². The molecule has 7 atom stereocenters. The Balaban J connectivity index is 1.29. The molecule has 52 heavy (non-hydrogen) atoms. The van der Waals surface area contributed by atoms with E-state index in [0.717, 1.165) is 94.3 Å². The second-order valence-corrected chi connectivity index (χ2v) is 19.1. The largest absolute Gasteiger partial charge is 0.490 e. The Bertz CT molecular complexity index is 1790. The molecule has 1 saturated heterocycles. The molecule has 1 N–H and O–H groups in total. The molecule has 2 bridgehead atoms. The molecule has 2 fully saturated rings. The Hall–Kier alpha value is -2.63. The van der Waals surface area contributed by atoms with Crippen molar-refractivity contribution in [3.63, 3.8) is 0 Å². The van der Waals surface area contributed by atoms with Gasteiger partial charge in [0.25, 0.3) is 5.91 Å². The van der Waals surface area contributed by atoms with Crippen LogP contribution in [0, 0.1) is 17.8 Å². The summed E-state index contributed by atoms with van der Waals surface area (Å²) in [5.41, 5.74) is 2.97. The molecule has 3 heterocycles. The molecule has 0 radical (unpaired) electrons. The second kappa shape index (κ2) is 14.9. The molecule has 0 unspecified atom stereocenters. The van der Waals surface area contributed by atoms with E-state index in [4.69, 9.17) is 21.1 Å². The summed E-state index contributed by atoms with van der Waals surface area (Å²) in [6, 6.07) is 12.1. The Kier molecular flexibility index (Phi) is 10.8. The maximum Gasteiger partial charge on any atom is 0.264 e. The van der Waals surface area contributed by atoms with E-state index in [-0.39, 0.29) is 17.3 Å². The lowest BCUT2D eigenvalue weighted by Crippen LogP contribution is -2.55. The van der Waals surface area contributed by atoms with Gasteiger partial charge in [-0.15, -0.1) is 0 Å². The van der Waals surface area contributed by atoms with Crippen molar-refractivity contribution < 1.29 is 22.7 Å². The zero-order valence-corrected chi connectivity index (χ0v) is 33.1. The summed E-state index contributed by atoms with van der Waals surface area (Å²) in [7, 11) is 0.110. The predicted octanol–water partition coefficient (Wildman–Crippen LogP) is 6.29. The highest BCUT2D eigenvalue weighted by Crippen LogP contribution is 2.50. The first-order valence-electron chi connectivity index (χ1n) is 19.4. The number of hydrogen-bond donors (Lipinski definition) is 1. The molecule has 5 aliphatic rings. The Labute approximate surface area is 316 Å². The van der Waals surface area contributed by atoms with Crippen LogP contribution in [-0.2, 0) is 26.6 Å². The molecule has 11 heteroatoms. The van der Waals surface area contributed by atoms with Gasteiger partial charge < -0.3 is 19.3 Å². The van der Waals surface area contributed by atoms with E-state index in [0.29, 0.717) is 30.6 Å². The summed E-state index contributed by atoms with van der Waals surface area (Å²) < 4.78 is 43.0. The number of amides is 1. The standard InChI is InChI=1S/C41H57ClN4O5S/c1-28-8-6-17-41(50-5,18-19-45-21-20-44(4)24-29(45)2)36-13-10-33(36)25-46-26-40(16-7-9-31-22-34(42)12-14-35(31)40)27-51-38-15-11-32(23-37(38)46)39(47)43-52(48,49)30(28)3/h6,11-12,14-15,17,22-23,28-30,33,36H,7-10,13,16,18-21,24-27H2,1-5H3,(H,43,47)/b17-6+/t28-,29-,30+,33-,36+,40-,41+/m0/s1. The first-order chi connectivity index (χ1) is 24.8. The molecule has 2 aliphatic carbocycles. The van der Waals surface area contributed by atoms with Gasteiger partial charge in [-0.1, -0.05) is 36.7 Å². The van der Waals surface area contributed by atoms with Gasteiger partial charge >= 0.3 is 0 Å². The van der Waals surface area contributed by atoms with Crippen molar-refractivity contribution in [2.24, 2.45) is 17.8 Å². The fourth-order valence-electron chi connectivity index (χ4n) is 9.77. The number of rotatable bonds is 4. The number of carbonyl (C=O) groups excluding carboxylic acids is 1. The molecule has 1 saturated carbocycles. The number of hydrogen-bond acceptors (Lipinski definition) is 8. The highest BCUT2D eigenvalue weighted by Gasteiger charge is 2.49. The molecule has 2 aromatic rings. The number of piperazine rings is 1.